The van der Waals surface area contributed by atoms with E-state index in [1.54, 1.807) is 0 Å². The number of amides is 2. The lowest BCUT2D eigenvalue weighted by atomic mass is 10.1. The molecule has 1 aromatic carbocycles. The van der Waals surface area contributed by atoms with Crippen molar-refractivity contribution >= 4 is 29.2 Å². The standard InChI is InChI=1S/C9H8Cl2N2O2/c10-4-1-5(11)8(7(14)2-4)6-3-12-9(15)13-6/h1-2,6,14H,3H2,(H2,12,13,15)/t6-/m1/s1. The van der Waals surface area contributed by atoms with Crippen LogP contribution in [0.1, 0.15) is 11.6 Å². The normalized spacial score (nSPS) is 19.9. The molecule has 80 valence electrons. The molecule has 0 saturated carbocycles. The lowest BCUT2D eigenvalue weighted by Gasteiger charge is -2.13. The summed E-state index contributed by atoms with van der Waals surface area (Å²) in [5.41, 5.74) is 0.486. The summed E-state index contributed by atoms with van der Waals surface area (Å²) in [5, 5.41) is 15.6. The Bertz CT molecular complexity index is 400. The molecule has 2 rings (SSSR count). The number of phenols is 1. The number of halogens is 2. The van der Waals surface area contributed by atoms with Gasteiger partial charge in [-0.1, -0.05) is 23.2 Å². The summed E-state index contributed by atoms with van der Waals surface area (Å²) in [4.78, 5) is 10.9. The molecule has 1 aliphatic heterocycles. The molecule has 0 unspecified atom stereocenters. The number of urea groups is 1. The smallest absolute Gasteiger partial charge is 0.315 e. The highest BCUT2D eigenvalue weighted by molar-refractivity contribution is 6.35. The van der Waals surface area contributed by atoms with Crippen LogP contribution in [0.3, 0.4) is 0 Å². The predicted octanol–water partition coefficient (Wildman–Crippen LogP) is 2.05. The van der Waals surface area contributed by atoms with Crippen LogP contribution in [-0.4, -0.2) is 17.7 Å². The predicted molar refractivity (Wildman–Crippen MR) is 57.4 cm³/mol. The summed E-state index contributed by atoms with van der Waals surface area (Å²) in [6, 6.07) is 2.34. The molecular weight excluding hydrogens is 239 g/mol. The Morgan fingerprint density at radius 1 is 1.40 bits per heavy atom. The summed E-state index contributed by atoms with van der Waals surface area (Å²) < 4.78 is 0. The van der Waals surface area contributed by atoms with Crippen molar-refractivity contribution < 1.29 is 9.90 Å². The van der Waals surface area contributed by atoms with Crippen molar-refractivity contribution in [2.24, 2.45) is 0 Å². The van der Waals surface area contributed by atoms with Gasteiger partial charge in [0.15, 0.2) is 0 Å². The molecule has 3 N–H and O–H groups in total. The number of nitrogens with one attached hydrogen (secondary N) is 2. The van der Waals surface area contributed by atoms with Crippen LogP contribution < -0.4 is 10.6 Å². The number of benzene rings is 1. The number of carbonyl (C=O) groups is 1. The van der Waals surface area contributed by atoms with Gasteiger partial charge in [-0.3, -0.25) is 0 Å². The molecule has 1 saturated heterocycles. The van der Waals surface area contributed by atoms with Crippen LogP contribution in [0.4, 0.5) is 4.79 Å². The molecule has 2 amide bonds. The highest BCUT2D eigenvalue weighted by Crippen LogP contribution is 2.35. The second-order valence-corrected chi connectivity index (χ2v) is 4.07. The number of aromatic hydroxyl groups is 1. The van der Waals surface area contributed by atoms with Gasteiger partial charge in [-0.05, 0) is 12.1 Å². The first-order valence-electron chi connectivity index (χ1n) is 4.30. The van der Waals surface area contributed by atoms with Crippen molar-refractivity contribution in [3.63, 3.8) is 0 Å². The van der Waals surface area contributed by atoms with Crippen LogP contribution >= 0.6 is 23.2 Å². The van der Waals surface area contributed by atoms with Crippen molar-refractivity contribution in [1.82, 2.24) is 10.6 Å². The van der Waals surface area contributed by atoms with E-state index in [2.05, 4.69) is 10.6 Å². The first-order chi connectivity index (χ1) is 7.08. The van der Waals surface area contributed by atoms with E-state index in [1.165, 1.54) is 12.1 Å². The third kappa shape index (κ3) is 1.96. The molecule has 1 fully saturated rings. The molecule has 0 spiro atoms. The van der Waals surface area contributed by atoms with Crippen LogP contribution in [0, 0.1) is 0 Å². The molecule has 4 nitrogen and oxygen atoms in total. The van der Waals surface area contributed by atoms with Gasteiger partial charge >= 0.3 is 6.03 Å². The summed E-state index contributed by atoms with van der Waals surface area (Å²) in [6.45, 7) is 0.397. The Morgan fingerprint density at radius 2 is 2.13 bits per heavy atom. The van der Waals surface area contributed by atoms with Gasteiger partial charge in [0.05, 0.1) is 11.1 Å². The molecule has 6 heteroatoms. The van der Waals surface area contributed by atoms with Crippen molar-refractivity contribution in [3.05, 3.63) is 27.7 Å². The quantitative estimate of drug-likeness (QED) is 0.711. The Hall–Kier alpha value is -1.13. The monoisotopic (exact) mass is 246 g/mol. The molecule has 1 atom stereocenters. The Balaban J connectivity index is 2.39. The second-order valence-electron chi connectivity index (χ2n) is 3.23. The minimum Gasteiger partial charge on any atom is -0.507 e. The molecule has 1 heterocycles. The van der Waals surface area contributed by atoms with Crippen LogP contribution in [0.25, 0.3) is 0 Å². The highest BCUT2D eigenvalue weighted by Gasteiger charge is 2.26. The van der Waals surface area contributed by atoms with E-state index < -0.39 is 0 Å². The lowest BCUT2D eigenvalue weighted by molar-refractivity contribution is 0.247. The molecule has 15 heavy (non-hydrogen) atoms. The van der Waals surface area contributed by atoms with Gasteiger partial charge in [0.2, 0.25) is 0 Å². The molecular formula is C9H8Cl2N2O2. The zero-order valence-corrected chi connectivity index (χ0v) is 9.06. The average Bonchev–Trinajstić information content (AvgIpc) is 2.49. The Morgan fingerprint density at radius 3 is 2.67 bits per heavy atom. The molecule has 0 aliphatic carbocycles. The van der Waals surface area contributed by atoms with Gasteiger partial charge in [0, 0.05) is 17.1 Å². The summed E-state index contributed by atoms with van der Waals surface area (Å²) in [6.07, 6.45) is 0. The number of rotatable bonds is 1. The average molecular weight is 247 g/mol. The number of phenolic OH excluding ortho intramolecular Hbond substituents is 1. The van der Waals surface area contributed by atoms with Gasteiger partial charge in [-0.2, -0.15) is 0 Å². The van der Waals surface area contributed by atoms with Crippen molar-refractivity contribution in [3.8, 4) is 5.75 Å². The SMILES string of the molecule is O=C1NC[C@H](c2c(O)cc(Cl)cc2Cl)N1. The van der Waals surface area contributed by atoms with E-state index in [1.807, 2.05) is 0 Å². The number of hydrogen-bond acceptors (Lipinski definition) is 2. The van der Waals surface area contributed by atoms with E-state index in [-0.39, 0.29) is 17.8 Å². The second kappa shape index (κ2) is 3.79. The fraction of sp³-hybridized carbons (Fsp3) is 0.222. The van der Waals surface area contributed by atoms with E-state index >= 15 is 0 Å². The van der Waals surface area contributed by atoms with Crippen LogP contribution in [0.2, 0.25) is 10.0 Å². The minimum absolute atomic E-state index is 0.0125. The van der Waals surface area contributed by atoms with Crippen LogP contribution in [0.5, 0.6) is 5.75 Å². The Labute approximate surface area is 96.2 Å². The molecule has 1 aromatic rings. The van der Waals surface area contributed by atoms with Crippen LogP contribution in [-0.2, 0) is 0 Å². The molecule has 1 aliphatic rings. The van der Waals surface area contributed by atoms with Gasteiger partial charge in [-0.15, -0.1) is 0 Å². The maximum absolute atomic E-state index is 10.9. The van der Waals surface area contributed by atoms with Crippen molar-refractivity contribution in [2.45, 2.75) is 6.04 Å². The van der Waals surface area contributed by atoms with E-state index in [9.17, 15) is 9.90 Å². The Kier molecular flexibility index (Phi) is 2.63. The molecule has 0 bridgehead atoms. The zero-order valence-electron chi connectivity index (χ0n) is 7.55. The fourth-order valence-electron chi connectivity index (χ4n) is 1.55. The van der Waals surface area contributed by atoms with E-state index in [0.29, 0.717) is 22.2 Å². The van der Waals surface area contributed by atoms with Gasteiger partial charge in [0.25, 0.3) is 0 Å². The summed E-state index contributed by atoms with van der Waals surface area (Å²) in [7, 11) is 0. The zero-order chi connectivity index (χ0) is 11.0. The number of carbonyl (C=O) groups excluding carboxylic acids is 1. The lowest BCUT2D eigenvalue weighted by Crippen LogP contribution is -2.21. The minimum atomic E-state index is -0.317. The van der Waals surface area contributed by atoms with Gasteiger partial charge in [-0.25, -0.2) is 4.79 Å². The maximum atomic E-state index is 10.9. The van der Waals surface area contributed by atoms with Gasteiger partial charge in [0.1, 0.15) is 5.75 Å². The highest BCUT2D eigenvalue weighted by atomic mass is 35.5. The largest absolute Gasteiger partial charge is 0.507 e. The van der Waals surface area contributed by atoms with Crippen LogP contribution in [0.15, 0.2) is 12.1 Å². The van der Waals surface area contributed by atoms with E-state index in [0.717, 1.165) is 0 Å². The van der Waals surface area contributed by atoms with E-state index in [4.69, 9.17) is 23.2 Å². The first-order valence-corrected chi connectivity index (χ1v) is 5.06. The molecule has 0 aromatic heterocycles. The topological polar surface area (TPSA) is 61.4 Å². The first kappa shape index (κ1) is 10.4. The third-order valence-corrected chi connectivity index (χ3v) is 2.72. The van der Waals surface area contributed by atoms with Crippen molar-refractivity contribution in [2.75, 3.05) is 6.54 Å². The maximum Gasteiger partial charge on any atom is 0.315 e. The third-order valence-electron chi connectivity index (χ3n) is 2.19. The van der Waals surface area contributed by atoms with Crippen molar-refractivity contribution in [1.29, 1.82) is 0 Å². The number of hydrogen-bond donors (Lipinski definition) is 3. The fourth-order valence-corrected chi connectivity index (χ4v) is 2.16. The summed E-state index contributed by atoms with van der Waals surface area (Å²) >= 11 is 11.6. The molecule has 0 radical (unpaired) electrons. The van der Waals surface area contributed by atoms with Gasteiger partial charge < -0.3 is 15.7 Å². The summed E-state index contributed by atoms with van der Waals surface area (Å²) in [5.74, 6) is -0.0125.